The molecule has 0 saturated carbocycles. The Labute approximate surface area is 116 Å². The van der Waals surface area contributed by atoms with E-state index in [4.69, 9.17) is 28.3 Å². The smallest absolute Gasteiger partial charge is 0.337 e. The fourth-order valence-electron chi connectivity index (χ4n) is 1.38. The number of nitrogens with one attached hydrogen (secondary N) is 1. The molecule has 0 aliphatic heterocycles. The summed E-state index contributed by atoms with van der Waals surface area (Å²) >= 11 is 11.6. The van der Waals surface area contributed by atoms with Crippen LogP contribution in [-0.4, -0.2) is 22.1 Å². The van der Waals surface area contributed by atoms with Crippen molar-refractivity contribution in [3.05, 3.63) is 45.8 Å². The fourth-order valence-corrected chi connectivity index (χ4v) is 1.92. The third-order valence-corrected chi connectivity index (χ3v) is 2.71. The lowest BCUT2D eigenvalue weighted by Gasteiger charge is -2.09. The molecule has 0 saturated heterocycles. The van der Waals surface area contributed by atoms with E-state index in [1.54, 1.807) is 0 Å². The Bertz CT molecular complexity index is 640. The Morgan fingerprint density at radius 2 is 2.05 bits per heavy atom. The van der Waals surface area contributed by atoms with Crippen molar-refractivity contribution in [3.63, 3.8) is 0 Å². The summed E-state index contributed by atoms with van der Waals surface area (Å²) in [6.45, 7) is 0. The minimum absolute atomic E-state index is 0.00218. The molecule has 0 aliphatic carbocycles. The quantitative estimate of drug-likeness (QED) is 0.909. The summed E-state index contributed by atoms with van der Waals surface area (Å²) in [6, 6.07) is 3.85. The third-order valence-electron chi connectivity index (χ3n) is 2.19. The van der Waals surface area contributed by atoms with Crippen LogP contribution < -0.4 is 5.32 Å². The van der Waals surface area contributed by atoms with Crippen molar-refractivity contribution in [3.8, 4) is 0 Å². The summed E-state index contributed by atoms with van der Waals surface area (Å²) in [4.78, 5) is 22.9. The standard InChI is InChI=1S/C11H6Cl2N2O4/c12-5-3-6(11(17)18)9(7(13)4-5)14-10(16)8-1-2-19-15-8/h1-4H,(H,14,16)(H,17,18). The third kappa shape index (κ3) is 2.86. The number of benzene rings is 1. The van der Waals surface area contributed by atoms with E-state index in [0.29, 0.717) is 0 Å². The lowest BCUT2D eigenvalue weighted by atomic mass is 10.1. The Morgan fingerprint density at radius 3 is 2.63 bits per heavy atom. The minimum Gasteiger partial charge on any atom is -0.478 e. The Balaban J connectivity index is 2.39. The lowest BCUT2D eigenvalue weighted by Crippen LogP contribution is -2.15. The SMILES string of the molecule is O=C(Nc1c(Cl)cc(Cl)cc1C(=O)O)c1ccon1. The van der Waals surface area contributed by atoms with Crippen LogP contribution in [0.3, 0.4) is 0 Å². The van der Waals surface area contributed by atoms with Crippen LogP contribution in [0.5, 0.6) is 0 Å². The zero-order valence-corrected chi connectivity index (χ0v) is 10.7. The average Bonchev–Trinajstić information content (AvgIpc) is 2.85. The van der Waals surface area contributed by atoms with Gasteiger partial charge in [0.15, 0.2) is 5.69 Å². The largest absolute Gasteiger partial charge is 0.478 e. The van der Waals surface area contributed by atoms with Crippen LogP contribution in [0, 0.1) is 0 Å². The van der Waals surface area contributed by atoms with Gasteiger partial charge in [-0.15, -0.1) is 0 Å². The number of aromatic carboxylic acids is 1. The van der Waals surface area contributed by atoms with Crippen LogP contribution in [0.4, 0.5) is 5.69 Å². The van der Waals surface area contributed by atoms with E-state index >= 15 is 0 Å². The molecule has 19 heavy (non-hydrogen) atoms. The van der Waals surface area contributed by atoms with Gasteiger partial charge in [0.05, 0.1) is 16.3 Å². The zero-order chi connectivity index (χ0) is 14.0. The van der Waals surface area contributed by atoms with Gasteiger partial charge in [-0.1, -0.05) is 28.4 Å². The number of anilines is 1. The summed E-state index contributed by atoms with van der Waals surface area (Å²) in [5, 5.41) is 15.0. The van der Waals surface area contributed by atoms with Crippen molar-refractivity contribution in [2.45, 2.75) is 0 Å². The molecule has 1 amide bonds. The minimum atomic E-state index is -1.26. The average molecular weight is 301 g/mol. The number of hydrogen-bond donors (Lipinski definition) is 2. The molecule has 2 rings (SSSR count). The number of amides is 1. The van der Waals surface area contributed by atoms with Crippen LogP contribution in [0.15, 0.2) is 29.0 Å². The van der Waals surface area contributed by atoms with Crippen molar-refractivity contribution in [2.24, 2.45) is 0 Å². The van der Waals surface area contributed by atoms with Gasteiger partial charge in [-0.2, -0.15) is 0 Å². The number of halogens is 2. The maximum absolute atomic E-state index is 11.8. The van der Waals surface area contributed by atoms with E-state index in [-0.39, 0.29) is 27.0 Å². The number of carbonyl (C=O) groups excluding carboxylic acids is 1. The van der Waals surface area contributed by atoms with Gasteiger partial charge in [0.2, 0.25) is 0 Å². The number of carboxylic acid groups (broad SMARTS) is 1. The lowest BCUT2D eigenvalue weighted by molar-refractivity contribution is 0.0698. The highest BCUT2D eigenvalue weighted by molar-refractivity contribution is 6.38. The van der Waals surface area contributed by atoms with E-state index in [2.05, 4.69) is 15.0 Å². The molecule has 0 radical (unpaired) electrons. The van der Waals surface area contributed by atoms with Crippen molar-refractivity contribution in [2.75, 3.05) is 5.32 Å². The molecule has 0 bridgehead atoms. The monoisotopic (exact) mass is 300 g/mol. The molecule has 0 atom stereocenters. The molecule has 1 aromatic heterocycles. The van der Waals surface area contributed by atoms with E-state index in [1.165, 1.54) is 24.5 Å². The molecule has 6 nitrogen and oxygen atoms in total. The predicted octanol–water partition coefficient (Wildman–Crippen LogP) is 2.93. The number of rotatable bonds is 3. The van der Waals surface area contributed by atoms with Crippen molar-refractivity contribution in [1.82, 2.24) is 5.16 Å². The van der Waals surface area contributed by atoms with Gasteiger partial charge < -0.3 is 14.9 Å². The van der Waals surface area contributed by atoms with Gasteiger partial charge in [0.1, 0.15) is 6.26 Å². The summed E-state index contributed by atoms with van der Waals surface area (Å²) in [5.74, 6) is -1.90. The first-order valence-corrected chi connectivity index (χ1v) is 5.68. The summed E-state index contributed by atoms with van der Waals surface area (Å²) in [6.07, 6.45) is 1.22. The van der Waals surface area contributed by atoms with Crippen LogP contribution >= 0.6 is 23.2 Å². The molecular weight excluding hydrogens is 295 g/mol. The van der Waals surface area contributed by atoms with Crippen LogP contribution in [0.1, 0.15) is 20.8 Å². The first-order chi connectivity index (χ1) is 8.99. The van der Waals surface area contributed by atoms with Gasteiger partial charge in [-0.25, -0.2) is 4.79 Å². The highest BCUT2D eigenvalue weighted by atomic mass is 35.5. The van der Waals surface area contributed by atoms with E-state index < -0.39 is 11.9 Å². The molecule has 2 aromatic rings. The topological polar surface area (TPSA) is 92.4 Å². The molecule has 0 unspecified atom stereocenters. The maximum Gasteiger partial charge on any atom is 0.337 e. The predicted molar refractivity (Wildman–Crippen MR) is 67.9 cm³/mol. The van der Waals surface area contributed by atoms with Gasteiger partial charge in [-0.3, -0.25) is 4.79 Å². The number of nitrogens with zero attached hydrogens (tertiary/aromatic N) is 1. The first-order valence-electron chi connectivity index (χ1n) is 4.93. The maximum atomic E-state index is 11.8. The molecule has 1 heterocycles. The molecule has 8 heteroatoms. The molecule has 0 aliphatic rings. The highest BCUT2D eigenvalue weighted by Crippen LogP contribution is 2.30. The highest BCUT2D eigenvalue weighted by Gasteiger charge is 2.19. The van der Waals surface area contributed by atoms with Gasteiger partial charge in [-0.05, 0) is 12.1 Å². The van der Waals surface area contributed by atoms with Gasteiger partial charge >= 0.3 is 5.97 Å². The molecular formula is C11H6Cl2N2O4. The summed E-state index contributed by atoms with van der Waals surface area (Å²) in [7, 11) is 0. The molecule has 0 spiro atoms. The number of carbonyl (C=O) groups is 2. The second-order valence-corrected chi connectivity index (χ2v) is 4.30. The van der Waals surface area contributed by atoms with Crippen LogP contribution in [0.2, 0.25) is 10.0 Å². The number of aromatic nitrogens is 1. The zero-order valence-electron chi connectivity index (χ0n) is 9.18. The number of carboxylic acids is 1. The number of hydrogen-bond acceptors (Lipinski definition) is 4. The van der Waals surface area contributed by atoms with Gasteiger partial charge in [0, 0.05) is 11.1 Å². The fraction of sp³-hybridized carbons (Fsp3) is 0. The van der Waals surface area contributed by atoms with Crippen LogP contribution in [-0.2, 0) is 0 Å². The second-order valence-electron chi connectivity index (χ2n) is 3.45. The normalized spacial score (nSPS) is 10.2. The van der Waals surface area contributed by atoms with Crippen LogP contribution in [0.25, 0.3) is 0 Å². The Hall–Kier alpha value is -2.05. The van der Waals surface area contributed by atoms with Crippen molar-refractivity contribution >= 4 is 40.8 Å². The van der Waals surface area contributed by atoms with Crippen molar-refractivity contribution < 1.29 is 19.2 Å². The summed E-state index contributed by atoms with van der Waals surface area (Å²) < 4.78 is 4.52. The molecule has 98 valence electrons. The Kier molecular flexibility index (Phi) is 3.73. The second kappa shape index (κ2) is 5.29. The Morgan fingerprint density at radius 1 is 1.32 bits per heavy atom. The van der Waals surface area contributed by atoms with Crippen molar-refractivity contribution in [1.29, 1.82) is 0 Å². The summed E-state index contributed by atoms with van der Waals surface area (Å²) in [5.41, 5.74) is -0.261. The molecule has 1 aromatic carbocycles. The van der Waals surface area contributed by atoms with E-state index in [0.717, 1.165) is 0 Å². The molecule has 2 N–H and O–H groups in total. The van der Waals surface area contributed by atoms with E-state index in [9.17, 15) is 9.59 Å². The molecule has 0 fully saturated rings. The van der Waals surface area contributed by atoms with Gasteiger partial charge in [0.25, 0.3) is 5.91 Å². The first kappa shape index (κ1) is 13.4. The van der Waals surface area contributed by atoms with E-state index in [1.807, 2.05) is 0 Å².